The van der Waals surface area contributed by atoms with Gasteiger partial charge in [0.25, 0.3) is 0 Å². The SMILES string of the molecule is COc1cc(OCOCC[Si](C)(C)C)ccc1-c1ccc2c(-c3nc4ccncc4[nH]3)nn(COCC[Si](C)(C)C)c2c1. The molecule has 0 unspecified atom stereocenters. The fraction of sp³-hybridized carbons (Fsp3) is 0.406. The summed E-state index contributed by atoms with van der Waals surface area (Å²) >= 11 is 0. The van der Waals surface area contributed by atoms with Gasteiger partial charge in [-0.25, -0.2) is 9.67 Å². The second-order valence-corrected chi connectivity index (χ2v) is 24.5. The van der Waals surface area contributed by atoms with Gasteiger partial charge in [-0.1, -0.05) is 45.3 Å². The molecule has 0 bridgehead atoms. The molecule has 9 nitrogen and oxygen atoms in total. The van der Waals surface area contributed by atoms with Gasteiger partial charge in [-0.3, -0.25) is 4.98 Å². The van der Waals surface area contributed by atoms with Crippen molar-refractivity contribution in [2.75, 3.05) is 27.1 Å². The van der Waals surface area contributed by atoms with E-state index in [1.54, 1.807) is 19.5 Å². The van der Waals surface area contributed by atoms with Crippen LogP contribution in [0.15, 0.2) is 54.9 Å². The van der Waals surface area contributed by atoms with Crippen LogP contribution in [0.3, 0.4) is 0 Å². The van der Waals surface area contributed by atoms with Gasteiger partial charge in [-0.05, 0) is 48.0 Å². The van der Waals surface area contributed by atoms with E-state index < -0.39 is 16.1 Å². The van der Waals surface area contributed by atoms with Gasteiger partial charge in [0.2, 0.25) is 0 Å². The molecule has 0 atom stereocenters. The van der Waals surface area contributed by atoms with Gasteiger partial charge in [0, 0.05) is 52.6 Å². The standard InChI is InChI=1S/C32H43N5O4Si2/c1-38-30-19-24(41-22-40-15-17-43(5,6)7)9-11-25(30)23-8-10-26-29(18-23)37(21-39-14-16-42(2,3)4)36-31(26)32-34-27-12-13-33-20-28(27)35-32/h8-13,18-20H,14-17,21-22H2,1-7H3,(H,34,35). The Morgan fingerprint density at radius 1 is 0.884 bits per heavy atom. The van der Waals surface area contributed by atoms with Crippen LogP contribution in [0, 0.1) is 0 Å². The van der Waals surface area contributed by atoms with Crippen LogP contribution in [0.5, 0.6) is 11.5 Å². The molecule has 0 radical (unpaired) electrons. The Balaban J connectivity index is 1.43. The maximum atomic E-state index is 6.14. The number of imidazole rings is 1. The third-order valence-electron chi connectivity index (χ3n) is 7.26. The van der Waals surface area contributed by atoms with Crippen molar-refractivity contribution in [3.8, 4) is 34.1 Å². The number of hydrogen-bond donors (Lipinski definition) is 1. The molecule has 3 aromatic heterocycles. The predicted molar refractivity (Wildman–Crippen MR) is 178 cm³/mol. The monoisotopic (exact) mass is 617 g/mol. The molecule has 0 aliphatic heterocycles. The molecule has 5 aromatic rings. The summed E-state index contributed by atoms with van der Waals surface area (Å²) in [5, 5.41) is 5.96. The van der Waals surface area contributed by atoms with Crippen molar-refractivity contribution in [2.24, 2.45) is 0 Å². The van der Waals surface area contributed by atoms with Crippen molar-refractivity contribution in [1.82, 2.24) is 24.7 Å². The lowest BCUT2D eigenvalue weighted by Gasteiger charge is -2.16. The Morgan fingerprint density at radius 3 is 2.37 bits per heavy atom. The van der Waals surface area contributed by atoms with Gasteiger partial charge < -0.3 is 23.9 Å². The Kier molecular flexibility index (Phi) is 9.35. The number of nitrogens with zero attached hydrogens (tertiary/aromatic N) is 4. The quantitative estimate of drug-likeness (QED) is 0.0776. The highest BCUT2D eigenvalue weighted by Gasteiger charge is 2.19. The number of aromatic amines is 1. The number of rotatable bonds is 14. The van der Waals surface area contributed by atoms with Crippen LogP contribution in [0.1, 0.15) is 0 Å². The van der Waals surface area contributed by atoms with Crippen molar-refractivity contribution in [1.29, 1.82) is 0 Å². The first-order valence-corrected chi connectivity index (χ1v) is 22.2. The van der Waals surface area contributed by atoms with Crippen LogP contribution >= 0.6 is 0 Å². The number of nitrogens with one attached hydrogen (secondary N) is 1. The van der Waals surface area contributed by atoms with E-state index >= 15 is 0 Å². The van der Waals surface area contributed by atoms with Crippen molar-refractivity contribution in [3.63, 3.8) is 0 Å². The summed E-state index contributed by atoms with van der Waals surface area (Å²) in [6, 6.07) is 16.3. The number of ether oxygens (including phenoxy) is 4. The lowest BCUT2D eigenvalue weighted by Crippen LogP contribution is -2.22. The maximum Gasteiger partial charge on any atom is 0.189 e. The summed E-state index contributed by atoms with van der Waals surface area (Å²) in [5.74, 6) is 2.13. The summed E-state index contributed by atoms with van der Waals surface area (Å²) in [6.45, 7) is 16.1. The van der Waals surface area contributed by atoms with E-state index in [0.29, 0.717) is 31.5 Å². The van der Waals surface area contributed by atoms with Gasteiger partial charge in [0.15, 0.2) is 12.6 Å². The molecule has 43 heavy (non-hydrogen) atoms. The number of fused-ring (bicyclic) bond motifs is 2. The zero-order valence-corrected chi connectivity index (χ0v) is 28.4. The molecular weight excluding hydrogens is 575 g/mol. The molecule has 2 aromatic carbocycles. The van der Waals surface area contributed by atoms with E-state index in [4.69, 9.17) is 29.0 Å². The Hall–Kier alpha value is -3.52. The van der Waals surface area contributed by atoms with Crippen LogP contribution < -0.4 is 9.47 Å². The largest absolute Gasteiger partial charge is 0.496 e. The van der Waals surface area contributed by atoms with Crippen LogP contribution in [0.4, 0.5) is 0 Å². The molecule has 0 amide bonds. The number of methoxy groups -OCH3 is 1. The first-order valence-electron chi connectivity index (χ1n) is 14.8. The molecule has 1 N–H and O–H groups in total. The minimum Gasteiger partial charge on any atom is -0.496 e. The topological polar surface area (TPSA) is 96.3 Å². The van der Waals surface area contributed by atoms with E-state index in [0.717, 1.165) is 56.6 Å². The van der Waals surface area contributed by atoms with Crippen LogP contribution in [-0.2, 0) is 16.2 Å². The van der Waals surface area contributed by atoms with Crippen LogP contribution in [-0.4, -0.2) is 68.0 Å². The molecule has 0 aliphatic rings. The fourth-order valence-electron chi connectivity index (χ4n) is 4.66. The zero-order valence-electron chi connectivity index (χ0n) is 26.4. The van der Waals surface area contributed by atoms with Gasteiger partial charge in [0.1, 0.15) is 23.9 Å². The average Bonchev–Trinajstić information content (AvgIpc) is 3.55. The first kappa shape index (κ1) is 30.9. The van der Waals surface area contributed by atoms with Gasteiger partial charge in [-0.15, -0.1) is 0 Å². The van der Waals surface area contributed by atoms with E-state index in [1.807, 2.05) is 28.9 Å². The van der Waals surface area contributed by atoms with Crippen molar-refractivity contribution < 1.29 is 18.9 Å². The molecule has 0 spiro atoms. The molecule has 5 rings (SSSR count). The highest BCUT2D eigenvalue weighted by atomic mass is 28.3. The minimum absolute atomic E-state index is 0.219. The van der Waals surface area contributed by atoms with Crippen LogP contribution in [0.25, 0.3) is 44.6 Å². The summed E-state index contributed by atoms with van der Waals surface area (Å²) in [4.78, 5) is 12.4. The lowest BCUT2D eigenvalue weighted by atomic mass is 10.0. The molecular formula is C32H43N5O4Si2. The third-order valence-corrected chi connectivity index (χ3v) is 10.7. The molecule has 11 heteroatoms. The average molecular weight is 618 g/mol. The number of benzene rings is 2. The molecule has 0 saturated carbocycles. The normalized spacial score (nSPS) is 12.3. The summed E-state index contributed by atoms with van der Waals surface area (Å²) in [5.41, 5.74) is 5.42. The van der Waals surface area contributed by atoms with E-state index in [9.17, 15) is 0 Å². The fourth-order valence-corrected chi connectivity index (χ4v) is 6.17. The summed E-state index contributed by atoms with van der Waals surface area (Å²) in [6.07, 6.45) is 3.52. The number of H-pyrrole nitrogens is 1. The number of hydrogen-bond acceptors (Lipinski definition) is 7. The third kappa shape index (κ3) is 7.91. The first-order chi connectivity index (χ1) is 20.5. The smallest absolute Gasteiger partial charge is 0.189 e. The predicted octanol–water partition coefficient (Wildman–Crippen LogP) is 7.65. The van der Waals surface area contributed by atoms with Crippen molar-refractivity contribution >= 4 is 38.1 Å². The van der Waals surface area contributed by atoms with Gasteiger partial charge in [0.05, 0.1) is 29.9 Å². The molecule has 228 valence electrons. The molecule has 0 aliphatic carbocycles. The van der Waals surface area contributed by atoms with E-state index in [1.165, 1.54) is 0 Å². The minimum atomic E-state index is -1.21. The highest BCUT2D eigenvalue weighted by molar-refractivity contribution is 6.76. The van der Waals surface area contributed by atoms with Crippen molar-refractivity contribution in [2.45, 2.75) is 58.1 Å². The highest BCUT2D eigenvalue weighted by Crippen LogP contribution is 2.37. The van der Waals surface area contributed by atoms with Gasteiger partial charge >= 0.3 is 0 Å². The molecule has 0 fully saturated rings. The second-order valence-electron chi connectivity index (χ2n) is 13.2. The molecule has 3 heterocycles. The zero-order chi connectivity index (χ0) is 30.6. The summed E-state index contributed by atoms with van der Waals surface area (Å²) in [7, 11) is -0.667. The Labute approximate surface area is 255 Å². The molecule has 0 saturated heterocycles. The van der Waals surface area contributed by atoms with Crippen molar-refractivity contribution in [3.05, 3.63) is 54.9 Å². The lowest BCUT2D eigenvalue weighted by molar-refractivity contribution is 0.0219. The maximum absolute atomic E-state index is 6.14. The second kappa shape index (κ2) is 13.0. The number of pyridine rings is 1. The van der Waals surface area contributed by atoms with Crippen LogP contribution in [0.2, 0.25) is 51.4 Å². The Bertz CT molecular complexity index is 1650. The number of aromatic nitrogens is 5. The van der Waals surface area contributed by atoms with E-state index in [-0.39, 0.29) is 6.79 Å². The Morgan fingerprint density at radius 2 is 1.65 bits per heavy atom. The van der Waals surface area contributed by atoms with Gasteiger partial charge in [-0.2, -0.15) is 5.10 Å². The van der Waals surface area contributed by atoms with E-state index in [2.05, 4.69) is 67.4 Å². The summed E-state index contributed by atoms with van der Waals surface area (Å²) < 4.78 is 25.4.